The number of imidazole rings is 1. The van der Waals surface area contributed by atoms with Crippen molar-refractivity contribution in [2.24, 2.45) is 0 Å². The molecule has 2 aromatic rings. The van der Waals surface area contributed by atoms with Gasteiger partial charge in [-0.3, -0.25) is 4.98 Å². The highest BCUT2D eigenvalue weighted by atomic mass is 79.9. The molecular formula is C12H13BrN4. The molecule has 5 heteroatoms. The molecule has 0 atom stereocenters. The van der Waals surface area contributed by atoms with Gasteiger partial charge in [0.15, 0.2) is 0 Å². The number of nitrogen functional groups attached to an aromatic ring is 1. The molecule has 1 aliphatic rings. The number of nitrogens with two attached hydrogens (primary N) is 1. The summed E-state index contributed by atoms with van der Waals surface area (Å²) in [5.74, 6) is 1.74. The van der Waals surface area contributed by atoms with Gasteiger partial charge in [0.2, 0.25) is 0 Å². The Morgan fingerprint density at radius 3 is 2.82 bits per heavy atom. The van der Waals surface area contributed by atoms with Crippen LogP contribution in [0.25, 0.3) is 11.3 Å². The Morgan fingerprint density at radius 1 is 1.41 bits per heavy atom. The van der Waals surface area contributed by atoms with Crippen molar-refractivity contribution < 1.29 is 0 Å². The second-order valence-electron chi connectivity index (χ2n) is 4.39. The zero-order chi connectivity index (χ0) is 12.0. The Balaban J connectivity index is 2.12. The molecule has 0 spiro atoms. The number of nitrogens with zero attached hydrogens (tertiary/aromatic N) is 3. The standard InChI is InChI=1S/C12H13BrN4/c1-7-16-11(8-4-9(13)6-15-5-8)12(14)17(7)10-2-3-10/h4-6,10H,2-3,14H2,1H3. The topological polar surface area (TPSA) is 56.7 Å². The molecule has 0 aromatic carbocycles. The van der Waals surface area contributed by atoms with Gasteiger partial charge in [-0.2, -0.15) is 0 Å². The Labute approximate surface area is 108 Å². The van der Waals surface area contributed by atoms with Gasteiger partial charge in [0.05, 0.1) is 0 Å². The first-order chi connectivity index (χ1) is 8.16. The van der Waals surface area contributed by atoms with E-state index in [-0.39, 0.29) is 0 Å². The summed E-state index contributed by atoms with van der Waals surface area (Å²) in [5, 5.41) is 0. The number of rotatable bonds is 2. The summed E-state index contributed by atoms with van der Waals surface area (Å²) >= 11 is 3.41. The molecule has 0 unspecified atom stereocenters. The summed E-state index contributed by atoms with van der Waals surface area (Å²) in [6.07, 6.45) is 5.96. The molecule has 1 aliphatic carbocycles. The number of halogens is 1. The molecule has 88 valence electrons. The lowest BCUT2D eigenvalue weighted by molar-refractivity contribution is 0.720. The first-order valence-corrected chi connectivity index (χ1v) is 6.41. The van der Waals surface area contributed by atoms with Gasteiger partial charge in [-0.25, -0.2) is 4.98 Å². The minimum atomic E-state index is 0.552. The predicted octanol–water partition coefficient (Wildman–Crippen LogP) is 2.93. The molecule has 1 fully saturated rings. The summed E-state index contributed by atoms with van der Waals surface area (Å²) in [6.45, 7) is 2.00. The van der Waals surface area contributed by atoms with E-state index < -0.39 is 0 Å². The van der Waals surface area contributed by atoms with E-state index in [2.05, 4.69) is 30.5 Å². The second kappa shape index (κ2) is 3.84. The van der Waals surface area contributed by atoms with Crippen LogP contribution in [0.2, 0.25) is 0 Å². The third-order valence-electron chi connectivity index (χ3n) is 3.01. The molecular weight excluding hydrogens is 280 g/mol. The van der Waals surface area contributed by atoms with Gasteiger partial charge in [-0.15, -0.1) is 0 Å². The maximum absolute atomic E-state index is 6.18. The van der Waals surface area contributed by atoms with E-state index in [1.807, 2.05) is 13.0 Å². The van der Waals surface area contributed by atoms with Gasteiger partial charge >= 0.3 is 0 Å². The fourth-order valence-corrected chi connectivity index (χ4v) is 2.47. The first kappa shape index (κ1) is 10.8. The van der Waals surface area contributed by atoms with Crippen LogP contribution in [-0.4, -0.2) is 14.5 Å². The van der Waals surface area contributed by atoms with E-state index in [4.69, 9.17) is 5.73 Å². The number of aromatic nitrogens is 3. The van der Waals surface area contributed by atoms with E-state index in [1.165, 1.54) is 12.8 Å². The summed E-state index contributed by atoms with van der Waals surface area (Å²) in [6, 6.07) is 2.54. The average molecular weight is 293 g/mol. The fraction of sp³-hybridized carbons (Fsp3) is 0.333. The van der Waals surface area contributed by atoms with Crippen molar-refractivity contribution in [1.29, 1.82) is 0 Å². The molecule has 0 bridgehead atoms. The highest BCUT2D eigenvalue weighted by molar-refractivity contribution is 9.10. The third-order valence-corrected chi connectivity index (χ3v) is 3.45. The van der Waals surface area contributed by atoms with Gasteiger partial charge in [-0.1, -0.05) is 0 Å². The van der Waals surface area contributed by atoms with Crippen LogP contribution in [0.4, 0.5) is 5.82 Å². The molecule has 2 aromatic heterocycles. The molecule has 0 radical (unpaired) electrons. The fourth-order valence-electron chi connectivity index (χ4n) is 2.11. The van der Waals surface area contributed by atoms with Crippen LogP contribution >= 0.6 is 15.9 Å². The van der Waals surface area contributed by atoms with Crippen molar-refractivity contribution >= 4 is 21.7 Å². The SMILES string of the molecule is Cc1nc(-c2cncc(Br)c2)c(N)n1C1CC1. The zero-order valence-corrected chi connectivity index (χ0v) is 11.1. The molecule has 0 amide bonds. The van der Waals surface area contributed by atoms with E-state index in [0.29, 0.717) is 6.04 Å². The van der Waals surface area contributed by atoms with Crippen molar-refractivity contribution in [2.75, 3.05) is 5.73 Å². The van der Waals surface area contributed by atoms with Crippen molar-refractivity contribution in [1.82, 2.24) is 14.5 Å². The highest BCUT2D eigenvalue weighted by Gasteiger charge is 2.28. The molecule has 2 N–H and O–H groups in total. The van der Waals surface area contributed by atoms with Gasteiger partial charge in [0.1, 0.15) is 17.3 Å². The van der Waals surface area contributed by atoms with E-state index >= 15 is 0 Å². The first-order valence-electron chi connectivity index (χ1n) is 5.62. The lowest BCUT2D eigenvalue weighted by atomic mass is 10.2. The summed E-state index contributed by atoms with van der Waals surface area (Å²) in [4.78, 5) is 8.71. The van der Waals surface area contributed by atoms with Crippen molar-refractivity contribution in [2.45, 2.75) is 25.8 Å². The molecule has 3 rings (SSSR count). The normalized spacial score (nSPS) is 15.2. The van der Waals surface area contributed by atoms with Gasteiger partial charge in [0.25, 0.3) is 0 Å². The second-order valence-corrected chi connectivity index (χ2v) is 5.30. The van der Waals surface area contributed by atoms with Gasteiger partial charge in [0, 0.05) is 28.5 Å². The van der Waals surface area contributed by atoms with Gasteiger partial charge in [-0.05, 0) is 41.8 Å². The molecule has 1 saturated carbocycles. The lowest BCUT2D eigenvalue weighted by Crippen LogP contribution is -2.02. The third kappa shape index (κ3) is 1.84. The van der Waals surface area contributed by atoms with Crippen LogP contribution in [0.3, 0.4) is 0 Å². The van der Waals surface area contributed by atoms with Crippen LogP contribution in [0.15, 0.2) is 22.9 Å². The van der Waals surface area contributed by atoms with Crippen LogP contribution in [0.5, 0.6) is 0 Å². The molecule has 17 heavy (non-hydrogen) atoms. The van der Waals surface area contributed by atoms with E-state index in [0.717, 1.165) is 27.4 Å². The molecule has 0 saturated heterocycles. The maximum Gasteiger partial charge on any atom is 0.132 e. The summed E-state index contributed by atoms with van der Waals surface area (Å²) in [5.41, 5.74) is 7.98. The lowest BCUT2D eigenvalue weighted by Gasteiger charge is -2.05. The summed E-state index contributed by atoms with van der Waals surface area (Å²) < 4.78 is 3.07. The van der Waals surface area contributed by atoms with E-state index in [1.54, 1.807) is 12.4 Å². The Morgan fingerprint density at radius 2 is 2.18 bits per heavy atom. The number of anilines is 1. The number of pyridine rings is 1. The Kier molecular flexibility index (Phi) is 2.43. The molecule has 2 heterocycles. The predicted molar refractivity (Wildman–Crippen MR) is 70.6 cm³/mol. The van der Waals surface area contributed by atoms with Crippen LogP contribution in [0, 0.1) is 6.92 Å². The maximum atomic E-state index is 6.18. The van der Waals surface area contributed by atoms with Crippen molar-refractivity contribution in [3.63, 3.8) is 0 Å². The summed E-state index contributed by atoms with van der Waals surface area (Å²) in [7, 11) is 0. The largest absolute Gasteiger partial charge is 0.383 e. The molecule has 0 aliphatic heterocycles. The minimum Gasteiger partial charge on any atom is -0.383 e. The number of hydrogen-bond donors (Lipinski definition) is 1. The van der Waals surface area contributed by atoms with Crippen molar-refractivity contribution in [3.05, 3.63) is 28.8 Å². The number of aryl methyl sites for hydroxylation is 1. The van der Waals surface area contributed by atoms with Crippen LogP contribution in [-0.2, 0) is 0 Å². The quantitative estimate of drug-likeness (QED) is 0.926. The smallest absolute Gasteiger partial charge is 0.132 e. The van der Waals surface area contributed by atoms with Crippen molar-refractivity contribution in [3.8, 4) is 11.3 Å². The zero-order valence-electron chi connectivity index (χ0n) is 9.52. The minimum absolute atomic E-state index is 0.552. The average Bonchev–Trinajstić information content (AvgIpc) is 3.06. The van der Waals surface area contributed by atoms with E-state index in [9.17, 15) is 0 Å². The molecule has 4 nitrogen and oxygen atoms in total. The Bertz CT molecular complexity index is 572. The monoisotopic (exact) mass is 292 g/mol. The van der Waals surface area contributed by atoms with Crippen LogP contribution < -0.4 is 5.73 Å². The van der Waals surface area contributed by atoms with Gasteiger partial charge < -0.3 is 10.3 Å². The number of hydrogen-bond acceptors (Lipinski definition) is 3. The van der Waals surface area contributed by atoms with Crippen LogP contribution in [0.1, 0.15) is 24.7 Å². The highest BCUT2D eigenvalue weighted by Crippen LogP contribution is 2.40. The Hall–Kier alpha value is -1.36.